The SMILES string of the molecule is FC(F)=COC(OC=C(F)F)(C(F)(F)F)C(F)(F)F. The Morgan fingerprint density at radius 3 is 1.05 bits per heavy atom. The summed E-state index contributed by atoms with van der Waals surface area (Å²) >= 11 is 0. The van der Waals surface area contributed by atoms with Crippen molar-refractivity contribution in [3.63, 3.8) is 0 Å². The molecule has 12 heteroatoms. The van der Waals surface area contributed by atoms with Crippen LogP contribution in [0.3, 0.4) is 0 Å². The van der Waals surface area contributed by atoms with Crippen LogP contribution < -0.4 is 0 Å². The van der Waals surface area contributed by atoms with Crippen molar-refractivity contribution in [2.75, 3.05) is 0 Å². The Kier molecular flexibility index (Phi) is 5.09. The maximum absolute atomic E-state index is 12.3. The van der Waals surface area contributed by atoms with Crippen LogP contribution in [-0.2, 0) is 9.47 Å². The largest absolute Gasteiger partial charge is 0.478 e. The highest BCUT2D eigenvalue weighted by Crippen LogP contribution is 2.47. The Morgan fingerprint density at radius 1 is 0.632 bits per heavy atom. The van der Waals surface area contributed by atoms with Gasteiger partial charge in [-0.3, -0.25) is 0 Å². The van der Waals surface area contributed by atoms with Crippen LogP contribution in [0.2, 0.25) is 0 Å². The molecule has 0 N–H and O–H groups in total. The lowest BCUT2D eigenvalue weighted by atomic mass is 10.2. The molecule has 0 saturated heterocycles. The van der Waals surface area contributed by atoms with Crippen molar-refractivity contribution in [1.29, 1.82) is 0 Å². The van der Waals surface area contributed by atoms with Gasteiger partial charge in [0.05, 0.1) is 0 Å². The van der Waals surface area contributed by atoms with Crippen molar-refractivity contribution in [2.24, 2.45) is 0 Å². The van der Waals surface area contributed by atoms with Gasteiger partial charge in [-0.15, -0.1) is 0 Å². The molecule has 0 amide bonds. The number of halogens is 10. The molecule has 0 aromatic heterocycles. The number of hydrogen-bond acceptors (Lipinski definition) is 2. The van der Waals surface area contributed by atoms with E-state index in [1.54, 1.807) is 0 Å². The van der Waals surface area contributed by atoms with Gasteiger partial charge in [-0.1, -0.05) is 0 Å². The molecule has 19 heavy (non-hydrogen) atoms. The fourth-order valence-electron chi connectivity index (χ4n) is 0.711. The molecule has 0 aliphatic rings. The van der Waals surface area contributed by atoms with Gasteiger partial charge in [0, 0.05) is 0 Å². The van der Waals surface area contributed by atoms with Crippen molar-refractivity contribution >= 4 is 0 Å². The van der Waals surface area contributed by atoms with Gasteiger partial charge >= 0.3 is 30.3 Å². The molecule has 0 saturated carbocycles. The first-order valence-electron chi connectivity index (χ1n) is 3.85. The molecular weight excluding hydrogens is 306 g/mol. The van der Waals surface area contributed by atoms with Crippen LogP contribution in [0.5, 0.6) is 0 Å². The maximum atomic E-state index is 12.3. The van der Waals surface area contributed by atoms with E-state index >= 15 is 0 Å². The molecule has 0 spiro atoms. The summed E-state index contributed by atoms with van der Waals surface area (Å²) in [6, 6.07) is 0. The third kappa shape index (κ3) is 4.21. The summed E-state index contributed by atoms with van der Waals surface area (Å²) in [5, 5.41) is 0. The van der Waals surface area contributed by atoms with E-state index in [0.29, 0.717) is 0 Å². The summed E-state index contributed by atoms with van der Waals surface area (Å²) < 4.78 is 125. The molecule has 0 radical (unpaired) electrons. The van der Waals surface area contributed by atoms with Gasteiger partial charge in [0.25, 0.3) is 0 Å². The highest BCUT2D eigenvalue weighted by molar-refractivity contribution is 4.93. The molecule has 0 atom stereocenters. The quantitative estimate of drug-likeness (QED) is 0.437. The molecule has 0 aromatic rings. The first-order chi connectivity index (χ1) is 8.33. The summed E-state index contributed by atoms with van der Waals surface area (Å²) in [5.74, 6) is -5.67. The summed E-state index contributed by atoms with van der Waals surface area (Å²) in [7, 11) is 0. The first-order valence-corrected chi connectivity index (χ1v) is 3.85. The topological polar surface area (TPSA) is 18.5 Å². The van der Waals surface area contributed by atoms with E-state index in [1.165, 1.54) is 0 Å². The van der Waals surface area contributed by atoms with Gasteiger partial charge in [-0.25, -0.2) is 0 Å². The Balaban J connectivity index is 5.75. The highest BCUT2D eigenvalue weighted by atomic mass is 19.4. The maximum Gasteiger partial charge on any atom is 0.478 e. The van der Waals surface area contributed by atoms with Crippen LogP contribution in [0, 0.1) is 0 Å². The molecule has 0 heterocycles. The van der Waals surface area contributed by atoms with E-state index in [4.69, 9.17) is 0 Å². The van der Waals surface area contributed by atoms with E-state index in [2.05, 4.69) is 9.47 Å². The lowest BCUT2D eigenvalue weighted by Crippen LogP contribution is -2.59. The number of alkyl halides is 6. The number of rotatable bonds is 4. The smallest absolute Gasteiger partial charge is 0.440 e. The van der Waals surface area contributed by atoms with E-state index in [0.717, 1.165) is 0 Å². The predicted octanol–water partition coefficient (Wildman–Crippen LogP) is 4.32. The zero-order chi connectivity index (χ0) is 15.5. The minimum absolute atomic E-state index is 1.22. The molecule has 0 aliphatic carbocycles. The minimum Gasteiger partial charge on any atom is -0.440 e. The molecule has 112 valence electrons. The van der Waals surface area contributed by atoms with Gasteiger partial charge in [0.2, 0.25) is 0 Å². The second-order valence-corrected chi connectivity index (χ2v) is 2.66. The van der Waals surface area contributed by atoms with Crippen molar-refractivity contribution < 1.29 is 53.4 Å². The van der Waals surface area contributed by atoms with Crippen LogP contribution in [-0.4, -0.2) is 18.1 Å². The van der Waals surface area contributed by atoms with Gasteiger partial charge < -0.3 is 9.47 Å². The molecule has 0 rings (SSSR count). The molecule has 0 aromatic carbocycles. The van der Waals surface area contributed by atoms with Gasteiger partial charge in [-0.05, 0) is 0 Å². The van der Waals surface area contributed by atoms with Crippen molar-refractivity contribution in [3.8, 4) is 0 Å². The normalized spacial score (nSPS) is 12.7. The fourth-order valence-corrected chi connectivity index (χ4v) is 0.711. The fraction of sp³-hybridized carbons (Fsp3) is 0.429. The highest BCUT2D eigenvalue weighted by Gasteiger charge is 2.77. The number of ether oxygens (including phenoxy) is 2. The number of hydrogen-bond donors (Lipinski definition) is 0. The average molecular weight is 308 g/mol. The molecule has 0 bridgehead atoms. The second-order valence-electron chi connectivity index (χ2n) is 2.66. The van der Waals surface area contributed by atoms with Gasteiger partial charge in [0.1, 0.15) is 0 Å². The Hall–Kier alpha value is -1.62. The lowest BCUT2D eigenvalue weighted by Gasteiger charge is -2.33. The first kappa shape index (κ1) is 17.4. The summed E-state index contributed by atoms with van der Waals surface area (Å²) in [6.45, 7) is 0. The third-order valence-corrected chi connectivity index (χ3v) is 1.37. The molecule has 2 nitrogen and oxygen atoms in total. The van der Waals surface area contributed by atoms with Crippen LogP contribution in [0.1, 0.15) is 0 Å². The van der Waals surface area contributed by atoms with Crippen LogP contribution in [0.4, 0.5) is 43.9 Å². The van der Waals surface area contributed by atoms with E-state index in [-0.39, 0.29) is 0 Å². The lowest BCUT2D eigenvalue weighted by molar-refractivity contribution is -0.446. The zero-order valence-corrected chi connectivity index (χ0v) is 8.25. The minimum atomic E-state index is -6.46. The zero-order valence-electron chi connectivity index (χ0n) is 8.25. The predicted molar refractivity (Wildman–Crippen MR) is 37.6 cm³/mol. The van der Waals surface area contributed by atoms with Crippen LogP contribution in [0.15, 0.2) is 24.7 Å². The second kappa shape index (κ2) is 5.57. The van der Waals surface area contributed by atoms with Crippen molar-refractivity contribution in [1.82, 2.24) is 0 Å². The Bertz CT molecular complexity index is 321. The van der Waals surface area contributed by atoms with E-state index < -0.39 is 42.8 Å². The third-order valence-electron chi connectivity index (χ3n) is 1.37. The van der Waals surface area contributed by atoms with Crippen LogP contribution in [0.25, 0.3) is 0 Å². The van der Waals surface area contributed by atoms with Gasteiger partial charge in [0.15, 0.2) is 12.5 Å². The monoisotopic (exact) mass is 308 g/mol. The standard InChI is InChI=1S/C7H2F10O2/c8-3(9)1-18-5(6(12,13)14,7(15,16)17)19-2-4(10)11/h1-2H. The molecule has 0 aliphatic heterocycles. The van der Waals surface area contributed by atoms with E-state index in [9.17, 15) is 43.9 Å². The summed E-state index contributed by atoms with van der Waals surface area (Å²) in [6.07, 6.45) is -21.5. The van der Waals surface area contributed by atoms with E-state index in [1.807, 2.05) is 0 Å². The van der Waals surface area contributed by atoms with Gasteiger partial charge in [-0.2, -0.15) is 43.9 Å². The van der Waals surface area contributed by atoms with Crippen molar-refractivity contribution in [3.05, 3.63) is 24.7 Å². The van der Waals surface area contributed by atoms with Crippen LogP contribution >= 0.6 is 0 Å². The molecule has 0 fully saturated rings. The average Bonchev–Trinajstić information content (AvgIpc) is 2.12. The molecule has 0 unspecified atom stereocenters. The summed E-state index contributed by atoms with van der Waals surface area (Å²) in [4.78, 5) is 0. The molecular formula is C7H2F10O2. The Morgan fingerprint density at radius 2 is 0.895 bits per heavy atom. The van der Waals surface area contributed by atoms with Crippen molar-refractivity contribution in [2.45, 2.75) is 18.1 Å². The Labute approximate surface area is 97.4 Å². The summed E-state index contributed by atoms with van der Waals surface area (Å²) in [5.41, 5.74) is 0.